The van der Waals surface area contributed by atoms with E-state index in [9.17, 15) is 18.0 Å². The summed E-state index contributed by atoms with van der Waals surface area (Å²) in [5.74, 6) is 0.0456. The molecular weight excluding hydrogens is 343 g/mol. The second kappa shape index (κ2) is 6.63. The number of aromatic nitrogens is 2. The summed E-state index contributed by atoms with van der Waals surface area (Å²) in [5, 5.41) is 7.40. The lowest BCUT2D eigenvalue weighted by atomic mass is 9.96. The van der Waals surface area contributed by atoms with Crippen molar-refractivity contribution in [3.63, 3.8) is 0 Å². The standard InChI is InChI=1S/C19H20F3N3O/c1-11-18(14-4-7-16(10-14)23-13(3)26)12(2)25(24-11)17-8-5-15(6-9-17)19(20,21)22/h4-9,14,16H,10H2,1-3H3,(H,23,26)/t14-,16+/m0/s1. The quantitative estimate of drug-likeness (QED) is 0.836. The average Bonchev–Trinajstić information content (AvgIpc) is 3.10. The van der Waals surface area contributed by atoms with Crippen molar-refractivity contribution < 1.29 is 18.0 Å². The van der Waals surface area contributed by atoms with Gasteiger partial charge >= 0.3 is 6.18 Å². The largest absolute Gasteiger partial charge is 0.416 e. The minimum absolute atomic E-state index is 0.00859. The Morgan fingerprint density at radius 2 is 1.85 bits per heavy atom. The summed E-state index contributed by atoms with van der Waals surface area (Å²) in [6.07, 6.45) is 0.418. The van der Waals surface area contributed by atoms with Crippen LogP contribution in [0.15, 0.2) is 36.4 Å². The molecule has 0 aliphatic heterocycles. The van der Waals surface area contributed by atoms with Gasteiger partial charge in [0.2, 0.25) is 5.91 Å². The van der Waals surface area contributed by atoms with Gasteiger partial charge in [-0.25, -0.2) is 4.68 Å². The Morgan fingerprint density at radius 3 is 2.42 bits per heavy atom. The first-order valence-corrected chi connectivity index (χ1v) is 8.36. The van der Waals surface area contributed by atoms with E-state index < -0.39 is 11.7 Å². The predicted octanol–water partition coefficient (Wildman–Crippen LogP) is 4.06. The second-order valence-corrected chi connectivity index (χ2v) is 6.58. The molecule has 0 unspecified atom stereocenters. The molecule has 26 heavy (non-hydrogen) atoms. The monoisotopic (exact) mass is 363 g/mol. The van der Waals surface area contributed by atoms with Crippen molar-refractivity contribution in [1.82, 2.24) is 15.1 Å². The molecule has 1 aliphatic carbocycles. The van der Waals surface area contributed by atoms with Crippen molar-refractivity contribution >= 4 is 5.91 Å². The number of aryl methyl sites for hydroxylation is 1. The molecule has 138 valence electrons. The topological polar surface area (TPSA) is 46.9 Å². The molecule has 4 nitrogen and oxygen atoms in total. The Morgan fingerprint density at radius 1 is 1.19 bits per heavy atom. The van der Waals surface area contributed by atoms with Crippen molar-refractivity contribution in [2.24, 2.45) is 0 Å². The number of halogens is 3. The Hall–Kier alpha value is -2.57. The molecule has 0 spiro atoms. The van der Waals surface area contributed by atoms with Crippen molar-refractivity contribution in [3.05, 3.63) is 58.9 Å². The fourth-order valence-electron chi connectivity index (χ4n) is 3.52. The van der Waals surface area contributed by atoms with Crippen LogP contribution in [0, 0.1) is 13.8 Å². The fourth-order valence-corrected chi connectivity index (χ4v) is 3.52. The minimum Gasteiger partial charge on any atom is -0.350 e. The number of amides is 1. The zero-order valence-electron chi connectivity index (χ0n) is 14.8. The lowest BCUT2D eigenvalue weighted by Crippen LogP contribution is -2.30. The lowest BCUT2D eigenvalue weighted by molar-refractivity contribution is -0.137. The molecule has 1 heterocycles. The summed E-state index contributed by atoms with van der Waals surface area (Å²) in [6.45, 7) is 5.29. The molecule has 1 aliphatic rings. The third-order valence-electron chi connectivity index (χ3n) is 4.63. The minimum atomic E-state index is -4.36. The van der Waals surface area contributed by atoms with Crippen LogP contribution in [0.2, 0.25) is 0 Å². The molecule has 1 aromatic carbocycles. The molecule has 2 aromatic rings. The molecule has 2 atom stereocenters. The zero-order chi connectivity index (χ0) is 19.1. The molecule has 0 saturated carbocycles. The second-order valence-electron chi connectivity index (χ2n) is 6.58. The highest BCUT2D eigenvalue weighted by Gasteiger charge is 2.30. The van der Waals surface area contributed by atoms with Crippen molar-refractivity contribution in [3.8, 4) is 5.69 Å². The first kappa shape index (κ1) is 18.2. The molecule has 7 heteroatoms. The Bertz CT molecular complexity index is 850. The molecule has 1 aromatic heterocycles. The van der Waals surface area contributed by atoms with Crippen LogP contribution < -0.4 is 5.32 Å². The van der Waals surface area contributed by atoms with Crippen molar-refractivity contribution in [2.45, 2.75) is 45.3 Å². The number of nitrogens with one attached hydrogen (secondary N) is 1. The van der Waals surface area contributed by atoms with Gasteiger partial charge in [0.05, 0.1) is 16.9 Å². The first-order chi connectivity index (χ1) is 12.2. The van der Waals surface area contributed by atoms with E-state index in [1.165, 1.54) is 19.1 Å². The molecule has 0 radical (unpaired) electrons. The van der Waals surface area contributed by atoms with E-state index in [2.05, 4.69) is 16.5 Å². The van der Waals surface area contributed by atoms with E-state index >= 15 is 0 Å². The predicted molar refractivity (Wildman–Crippen MR) is 92.1 cm³/mol. The zero-order valence-corrected chi connectivity index (χ0v) is 14.8. The van der Waals surface area contributed by atoms with Gasteiger partial charge in [0.15, 0.2) is 0 Å². The number of carbonyl (C=O) groups excluding carboxylic acids is 1. The van der Waals surface area contributed by atoms with Crippen LogP contribution in [-0.2, 0) is 11.0 Å². The molecule has 0 saturated heterocycles. The molecule has 3 rings (SSSR count). The van der Waals surface area contributed by atoms with Crippen molar-refractivity contribution in [2.75, 3.05) is 0 Å². The van der Waals surface area contributed by atoms with E-state index in [1.807, 2.05) is 19.9 Å². The maximum absolute atomic E-state index is 12.7. The fraction of sp³-hybridized carbons (Fsp3) is 0.368. The lowest BCUT2D eigenvalue weighted by Gasteiger charge is -2.14. The van der Waals surface area contributed by atoms with Crippen LogP contribution in [0.25, 0.3) is 5.69 Å². The van der Waals surface area contributed by atoms with Crippen LogP contribution in [0.4, 0.5) is 13.2 Å². The third kappa shape index (κ3) is 3.52. The molecule has 1 amide bonds. The van der Waals surface area contributed by atoms with Gasteiger partial charge in [-0.2, -0.15) is 18.3 Å². The van der Waals surface area contributed by atoms with Gasteiger partial charge in [0.25, 0.3) is 0 Å². The summed E-state index contributed by atoms with van der Waals surface area (Å²) >= 11 is 0. The number of hydrogen-bond acceptors (Lipinski definition) is 2. The van der Waals surface area contributed by atoms with Crippen LogP contribution >= 0.6 is 0 Å². The van der Waals surface area contributed by atoms with Crippen LogP contribution in [0.3, 0.4) is 0 Å². The Balaban J connectivity index is 1.87. The number of nitrogens with zero attached hydrogens (tertiary/aromatic N) is 2. The summed E-state index contributed by atoms with van der Waals surface area (Å²) in [6, 6.07) is 4.97. The summed E-state index contributed by atoms with van der Waals surface area (Å²) in [5.41, 5.74) is 2.68. The van der Waals surface area contributed by atoms with Crippen LogP contribution in [0.1, 0.15) is 41.8 Å². The van der Waals surface area contributed by atoms with Gasteiger partial charge in [-0.3, -0.25) is 4.79 Å². The number of hydrogen-bond donors (Lipinski definition) is 1. The maximum atomic E-state index is 12.7. The van der Waals surface area contributed by atoms with E-state index in [0.717, 1.165) is 35.5 Å². The number of carbonyl (C=O) groups is 1. The first-order valence-electron chi connectivity index (χ1n) is 8.36. The van der Waals surface area contributed by atoms with E-state index in [0.29, 0.717) is 5.69 Å². The van der Waals surface area contributed by atoms with Gasteiger partial charge in [-0.15, -0.1) is 0 Å². The number of benzene rings is 1. The normalized spacial score (nSPS) is 19.8. The third-order valence-corrected chi connectivity index (χ3v) is 4.63. The number of rotatable bonds is 3. The highest BCUT2D eigenvalue weighted by atomic mass is 19.4. The van der Waals surface area contributed by atoms with Gasteiger partial charge in [0, 0.05) is 30.1 Å². The SMILES string of the molecule is CC(=O)N[C@@H]1C=C[C@H](c2c(C)nn(-c3ccc(C(F)(F)F)cc3)c2C)C1. The Labute approximate surface area is 149 Å². The average molecular weight is 363 g/mol. The molecule has 0 bridgehead atoms. The summed E-state index contributed by atoms with van der Waals surface area (Å²) in [7, 11) is 0. The van der Waals surface area contributed by atoms with Crippen molar-refractivity contribution in [1.29, 1.82) is 0 Å². The number of alkyl halides is 3. The van der Waals surface area contributed by atoms with E-state index in [-0.39, 0.29) is 17.9 Å². The number of allylic oxidation sites excluding steroid dienone is 1. The van der Waals surface area contributed by atoms with Crippen LogP contribution in [0.5, 0.6) is 0 Å². The van der Waals surface area contributed by atoms with Gasteiger partial charge in [-0.05, 0) is 44.5 Å². The van der Waals surface area contributed by atoms with E-state index in [1.54, 1.807) is 4.68 Å². The molecule has 1 N–H and O–H groups in total. The molecule has 0 fully saturated rings. The summed E-state index contributed by atoms with van der Waals surface area (Å²) in [4.78, 5) is 11.2. The van der Waals surface area contributed by atoms with Crippen LogP contribution in [-0.4, -0.2) is 21.7 Å². The highest BCUT2D eigenvalue weighted by Crippen LogP contribution is 2.34. The Kier molecular flexibility index (Phi) is 4.64. The van der Waals surface area contributed by atoms with Gasteiger partial charge in [0.1, 0.15) is 0 Å². The maximum Gasteiger partial charge on any atom is 0.416 e. The smallest absolute Gasteiger partial charge is 0.350 e. The highest BCUT2D eigenvalue weighted by molar-refractivity contribution is 5.73. The van der Waals surface area contributed by atoms with Gasteiger partial charge < -0.3 is 5.32 Å². The van der Waals surface area contributed by atoms with Gasteiger partial charge in [-0.1, -0.05) is 12.2 Å². The van der Waals surface area contributed by atoms with E-state index in [4.69, 9.17) is 0 Å². The summed E-state index contributed by atoms with van der Waals surface area (Å²) < 4.78 is 39.9. The molecular formula is C19H20F3N3O.